The molecule has 1 heterocycles. The Morgan fingerprint density at radius 1 is 1.45 bits per heavy atom. The largest absolute Gasteiger partial charge is 0.353 e. The Morgan fingerprint density at radius 2 is 2.20 bits per heavy atom. The van der Waals surface area contributed by atoms with Crippen molar-refractivity contribution < 1.29 is 0 Å². The summed E-state index contributed by atoms with van der Waals surface area (Å²) < 4.78 is 0. The Bertz CT molecular complexity index is 439. The second kappa shape index (κ2) is 8.17. The van der Waals surface area contributed by atoms with Gasteiger partial charge < -0.3 is 10.6 Å². The third-order valence-electron chi connectivity index (χ3n) is 3.61. The first-order valence-corrected chi connectivity index (χ1v) is 7.85. The normalized spacial score (nSPS) is 21.3. The number of aryl methyl sites for hydroxylation is 2. The lowest BCUT2D eigenvalue weighted by Crippen LogP contribution is -2.38. The number of hydrogen-bond donors (Lipinski definition) is 2. The smallest absolute Gasteiger partial charge is 0.191 e. The lowest BCUT2D eigenvalue weighted by molar-refractivity contribution is 0.655. The number of aliphatic imine (C=N–C) groups is 1. The molecule has 20 heavy (non-hydrogen) atoms. The van der Waals surface area contributed by atoms with E-state index in [1.807, 2.05) is 7.05 Å². The molecule has 0 saturated heterocycles. The molecule has 1 aliphatic rings. The molecule has 0 radical (unpaired) electrons. The van der Waals surface area contributed by atoms with Gasteiger partial charge in [-0.05, 0) is 32.6 Å². The van der Waals surface area contributed by atoms with Crippen LogP contribution in [0.1, 0.15) is 41.8 Å². The molecule has 1 aromatic rings. The van der Waals surface area contributed by atoms with Crippen molar-refractivity contribution in [2.24, 2.45) is 10.9 Å². The van der Waals surface area contributed by atoms with Gasteiger partial charge in [0.05, 0.1) is 12.2 Å². The third kappa shape index (κ3) is 4.87. The number of thiazole rings is 1. The number of nitrogens with one attached hydrogen (secondary N) is 2. The summed E-state index contributed by atoms with van der Waals surface area (Å²) in [5.74, 6) is 1.74. The third-order valence-corrected chi connectivity index (χ3v) is 4.68. The van der Waals surface area contributed by atoms with Gasteiger partial charge in [0, 0.05) is 18.0 Å². The first-order chi connectivity index (χ1) is 9.13. The van der Waals surface area contributed by atoms with E-state index < -0.39 is 0 Å². The SMILES string of the molecule is CCCC1CC1NC(=NC)NCc1nc(C)c(C)s1.I. The maximum atomic E-state index is 4.53. The van der Waals surface area contributed by atoms with Gasteiger partial charge in [-0.15, -0.1) is 35.3 Å². The van der Waals surface area contributed by atoms with Crippen molar-refractivity contribution in [1.29, 1.82) is 0 Å². The first kappa shape index (κ1) is 17.7. The van der Waals surface area contributed by atoms with Gasteiger partial charge in [-0.2, -0.15) is 0 Å². The van der Waals surface area contributed by atoms with E-state index in [-0.39, 0.29) is 24.0 Å². The van der Waals surface area contributed by atoms with E-state index in [4.69, 9.17) is 0 Å². The van der Waals surface area contributed by atoms with E-state index in [1.54, 1.807) is 11.3 Å². The minimum atomic E-state index is 0. The average molecular weight is 408 g/mol. The Balaban J connectivity index is 0.00000200. The Morgan fingerprint density at radius 3 is 2.75 bits per heavy atom. The van der Waals surface area contributed by atoms with E-state index in [9.17, 15) is 0 Å². The van der Waals surface area contributed by atoms with E-state index >= 15 is 0 Å². The molecule has 1 fully saturated rings. The number of rotatable bonds is 5. The van der Waals surface area contributed by atoms with Gasteiger partial charge in [0.2, 0.25) is 0 Å². The predicted molar refractivity (Wildman–Crippen MR) is 97.1 cm³/mol. The van der Waals surface area contributed by atoms with Crippen LogP contribution in [0, 0.1) is 19.8 Å². The zero-order chi connectivity index (χ0) is 13.8. The number of halogens is 1. The van der Waals surface area contributed by atoms with Crippen LogP contribution in [0.5, 0.6) is 0 Å². The lowest BCUT2D eigenvalue weighted by Gasteiger charge is -2.10. The van der Waals surface area contributed by atoms with Crippen molar-refractivity contribution >= 4 is 41.3 Å². The minimum absolute atomic E-state index is 0. The molecule has 0 bridgehead atoms. The molecule has 114 valence electrons. The van der Waals surface area contributed by atoms with Gasteiger partial charge in [-0.1, -0.05) is 13.3 Å². The van der Waals surface area contributed by atoms with Crippen molar-refractivity contribution in [2.75, 3.05) is 7.05 Å². The second-order valence-electron chi connectivity index (χ2n) is 5.21. The Hall–Kier alpha value is -0.370. The molecule has 1 aromatic heterocycles. The summed E-state index contributed by atoms with van der Waals surface area (Å²) in [4.78, 5) is 10.1. The summed E-state index contributed by atoms with van der Waals surface area (Å²) in [6.07, 6.45) is 3.87. The standard InChI is InChI=1S/C14H24N4S.HI/c1-5-6-11-7-12(11)18-14(15-4)16-8-13-17-9(2)10(3)19-13;/h11-12H,5-8H2,1-4H3,(H2,15,16,18);1H. The van der Waals surface area contributed by atoms with Crippen LogP contribution >= 0.6 is 35.3 Å². The second-order valence-corrected chi connectivity index (χ2v) is 6.50. The van der Waals surface area contributed by atoms with Crippen LogP contribution in [0.25, 0.3) is 0 Å². The fourth-order valence-corrected chi connectivity index (χ4v) is 3.13. The molecule has 6 heteroatoms. The highest BCUT2D eigenvalue weighted by atomic mass is 127. The van der Waals surface area contributed by atoms with Crippen molar-refractivity contribution in [3.05, 3.63) is 15.6 Å². The zero-order valence-corrected chi connectivity index (χ0v) is 15.8. The quantitative estimate of drug-likeness (QED) is 0.447. The van der Waals surface area contributed by atoms with Crippen molar-refractivity contribution in [2.45, 2.75) is 52.6 Å². The molecule has 2 unspecified atom stereocenters. The van der Waals surface area contributed by atoms with E-state index in [2.05, 4.69) is 41.4 Å². The maximum Gasteiger partial charge on any atom is 0.191 e. The van der Waals surface area contributed by atoms with Gasteiger partial charge >= 0.3 is 0 Å². The van der Waals surface area contributed by atoms with Crippen LogP contribution in [0.4, 0.5) is 0 Å². The lowest BCUT2D eigenvalue weighted by atomic mass is 10.2. The van der Waals surface area contributed by atoms with Crippen LogP contribution < -0.4 is 10.6 Å². The van der Waals surface area contributed by atoms with Crippen LogP contribution in [0.15, 0.2) is 4.99 Å². The summed E-state index contributed by atoms with van der Waals surface area (Å²) in [5, 5.41) is 7.95. The highest BCUT2D eigenvalue weighted by Gasteiger charge is 2.36. The van der Waals surface area contributed by atoms with Gasteiger partial charge in [0.25, 0.3) is 0 Å². The molecule has 0 aliphatic heterocycles. The summed E-state index contributed by atoms with van der Waals surface area (Å²) in [6.45, 7) is 7.17. The van der Waals surface area contributed by atoms with Gasteiger partial charge in [-0.3, -0.25) is 4.99 Å². The van der Waals surface area contributed by atoms with Crippen LogP contribution in [0.3, 0.4) is 0 Å². The van der Waals surface area contributed by atoms with Crippen LogP contribution in [-0.4, -0.2) is 24.0 Å². The highest BCUT2D eigenvalue weighted by Crippen LogP contribution is 2.34. The van der Waals surface area contributed by atoms with Gasteiger partial charge in [0.1, 0.15) is 5.01 Å². The molecular formula is C14H25IN4S. The first-order valence-electron chi connectivity index (χ1n) is 7.04. The summed E-state index contributed by atoms with van der Waals surface area (Å²) in [6, 6.07) is 0.617. The monoisotopic (exact) mass is 408 g/mol. The molecule has 2 atom stereocenters. The molecule has 4 nitrogen and oxygen atoms in total. The Kier molecular flexibility index (Phi) is 7.22. The zero-order valence-electron chi connectivity index (χ0n) is 12.7. The van der Waals surface area contributed by atoms with Crippen molar-refractivity contribution in [3.63, 3.8) is 0 Å². The van der Waals surface area contributed by atoms with Gasteiger partial charge in [-0.25, -0.2) is 4.98 Å². The minimum Gasteiger partial charge on any atom is -0.353 e. The van der Waals surface area contributed by atoms with E-state index in [0.29, 0.717) is 6.04 Å². The highest BCUT2D eigenvalue weighted by molar-refractivity contribution is 14.0. The van der Waals surface area contributed by atoms with Crippen molar-refractivity contribution in [3.8, 4) is 0 Å². The molecule has 2 rings (SSSR count). The molecule has 0 amide bonds. The number of hydrogen-bond acceptors (Lipinski definition) is 3. The predicted octanol–water partition coefficient (Wildman–Crippen LogP) is 3.23. The summed E-state index contributed by atoms with van der Waals surface area (Å²) in [5.41, 5.74) is 1.13. The van der Waals surface area contributed by atoms with E-state index in [1.165, 1.54) is 24.1 Å². The van der Waals surface area contributed by atoms with Crippen molar-refractivity contribution in [1.82, 2.24) is 15.6 Å². The maximum absolute atomic E-state index is 4.53. The van der Waals surface area contributed by atoms with Gasteiger partial charge in [0.15, 0.2) is 5.96 Å². The molecule has 2 N–H and O–H groups in total. The molecule has 0 spiro atoms. The molecule has 0 aromatic carbocycles. The summed E-state index contributed by atoms with van der Waals surface area (Å²) in [7, 11) is 1.82. The fourth-order valence-electron chi connectivity index (χ4n) is 2.26. The van der Waals surface area contributed by atoms with E-state index in [0.717, 1.165) is 29.1 Å². The van der Waals surface area contributed by atoms with Crippen LogP contribution in [0.2, 0.25) is 0 Å². The number of guanidine groups is 1. The molecular weight excluding hydrogens is 383 g/mol. The Labute approximate surface area is 142 Å². The molecule has 1 aliphatic carbocycles. The average Bonchev–Trinajstić information content (AvgIpc) is 3.03. The topological polar surface area (TPSA) is 49.3 Å². The number of nitrogens with zero attached hydrogens (tertiary/aromatic N) is 2. The summed E-state index contributed by atoms with van der Waals surface area (Å²) >= 11 is 1.75. The molecule has 1 saturated carbocycles. The number of aromatic nitrogens is 1. The van der Waals surface area contributed by atoms with Crippen LogP contribution in [-0.2, 0) is 6.54 Å². The fraction of sp³-hybridized carbons (Fsp3) is 0.714.